The number of nitrogens with two attached hydrogens (primary N) is 1. The number of unbranched alkanes of at least 4 members (excludes halogenated alkanes) is 28. The van der Waals surface area contributed by atoms with Crippen LogP contribution in [0.4, 0.5) is 0 Å². The normalized spacial score (nSPS) is 13.8. The van der Waals surface area contributed by atoms with Crippen molar-refractivity contribution < 1.29 is 47.5 Å². The molecule has 0 aromatic rings. The highest BCUT2D eigenvalue weighted by Crippen LogP contribution is 2.43. The van der Waals surface area contributed by atoms with Crippen molar-refractivity contribution in [2.45, 2.75) is 238 Å². The third kappa shape index (κ3) is 40.8. The van der Waals surface area contributed by atoms with Crippen molar-refractivity contribution in [1.82, 2.24) is 0 Å². The predicted octanol–water partition coefficient (Wildman–Crippen LogP) is 12.5. The minimum absolute atomic E-state index is 0.167. The summed E-state index contributed by atoms with van der Waals surface area (Å²) >= 11 is 0. The summed E-state index contributed by atoms with van der Waals surface area (Å²) < 4.78 is 32.8. The number of phosphoric acid groups is 1. The van der Waals surface area contributed by atoms with Crippen LogP contribution in [0.3, 0.4) is 0 Å². The van der Waals surface area contributed by atoms with Gasteiger partial charge in [-0.1, -0.05) is 187 Å². The van der Waals surface area contributed by atoms with Gasteiger partial charge in [0.1, 0.15) is 12.6 Å². The lowest BCUT2D eigenvalue weighted by molar-refractivity contribution is -0.161. The zero-order valence-corrected chi connectivity index (χ0v) is 37.3. The summed E-state index contributed by atoms with van der Waals surface area (Å²) in [6.07, 6.45) is 41.2. The van der Waals surface area contributed by atoms with E-state index < -0.39 is 51.1 Å². The first kappa shape index (κ1) is 55.2. The molecule has 0 fully saturated rings. The van der Waals surface area contributed by atoms with Crippen molar-refractivity contribution in [2.75, 3.05) is 19.8 Å². The van der Waals surface area contributed by atoms with E-state index in [0.29, 0.717) is 12.8 Å². The smallest absolute Gasteiger partial charge is 0.472 e. The topological polar surface area (TPSA) is 172 Å². The lowest BCUT2D eigenvalue weighted by Gasteiger charge is -2.20. The van der Waals surface area contributed by atoms with Gasteiger partial charge >= 0.3 is 25.7 Å². The first-order valence-electron chi connectivity index (χ1n) is 23.2. The molecular formula is C45H86NO10P. The van der Waals surface area contributed by atoms with Gasteiger partial charge in [0.05, 0.1) is 13.2 Å². The fourth-order valence-electron chi connectivity index (χ4n) is 6.59. The molecule has 4 N–H and O–H groups in total. The number of carbonyl (C=O) groups is 3. The van der Waals surface area contributed by atoms with E-state index in [1.54, 1.807) is 0 Å². The van der Waals surface area contributed by atoms with E-state index in [0.717, 1.165) is 38.5 Å². The van der Waals surface area contributed by atoms with Crippen LogP contribution in [-0.4, -0.2) is 59.9 Å². The van der Waals surface area contributed by atoms with Crippen molar-refractivity contribution >= 4 is 25.7 Å². The van der Waals surface area contributed by atoms with E-state index in [9.17, 15) is 23.8 Å². The minimum Gasteiger partial charge on any atom is -0.480 e. The van der Waals surface area contributed by atoms with Gasteiger partial charge in [0.15, 0.2) is 6.10 Å². The molecule has 0 aliphatic rings. The van der Waals surface area contributed by atoms with E-state index in [2.05, 4.69) is 30.5 Å². The second kappa shape index (κ2) is 41.0. The molecule has 0 heterocycles. The third-order valence-corrected chi connectivity index (χ3v) is 11.2. The van der Waals surface area contributed by atoms with Gasteiger partial charge in [-0.2, -0.15) is 0 Å². The van der Waals surface area contributed by atoms with Crippen molar-refractivity contribution in [2.24, 2.45) is 5.73 Å². The number of rotatable bonds is 44. The zero-order valence-electron chi connectivity index (χ0n) is 36.5. The SMILES string of the molecule is CCCCCC/C=C/CCCCCCCCCCCC(=O)OC[C@H](COP(=O)(O)OC[C@H](N)C(=O)O)OC(=O)CCCCCCCCCCCCCCCCCC. The highest BCUT2D eigenvalue weighted by molar-refractivity contribution is 7.47. The Morgan fingerprint density at radius 2 is 0.877 bits per heavy atom. The van der Waals surface area contributed by atoms with Crippen LogP contribution in [0.25, 0.3) is 0 Å². The van der Waals surface area contributed by atoms with E-state index in [-0.39, 0.29) is 19.4 Å². The Balaban J connectivity index is 4.29. The van der Waals surface area contributed by atoms with Crippen molar-refractivity contribution in [3.63, 3.8) is 0 Å². The molecule has 336 valence electrons. The molecular weight excluding hydrogens is 745 g/mol. The second-order valence-electron chi connectivity index (χ2n) is 15.9. The van der Waals surface area contributed by atoms with Gasteiger partial charge in [-0.05, 0) is 38.5 Å². The maximum Gasteiger partial charge on any atom is 0.472 e. The number of carboxylic acid groups (broad SMARTS) is 1. The number of hydrogen-bond acceptors (Lipinski definition) is 9. The summed E-state index contributed by atoms with van der Waals surface area (Å²) in [5, 5.41) is 8.90. The van der Waals surface area contributed by atoms with Crippen molar-refractivity contribution in [3.05, 3.63) is 12.2 Å². The molecule has 11 nitrogen and oxygen atoms in total. The average molecular weight is 832 g/mol. The average Bonchev–Trinajstić information content (AvgIpc) is 3.19. The van der Waals surface area contributed by atoms with E-state index >= 15 is 0 Å². The van der Waals surface area contributed by atoms with E-state index in [1.165, 1.54) is 148 Å². The Labute approximate surface area is 348 Å². The molecule has 3 atom stereocenters. The summed E-state index contributed by atoms with van der Waals surface area (Å²) in [7, 11) is -4.71. The number of carboxylic acids is 1. The Kier molecular flexibility index (Phi) is 39.7. The molecule has 0 amide bonds. The molecule has 0 aromatic heterocycles. The van der Waals surface area contributed by atoms with Crippen LogP contribution in [0.2, 0.25) is 0 Å². The monoisotopic (exact) mass is 832 g/mol. The van der Waals surface area contributed by atoms with Gasteiger partial charge in [-0.15, -0.1) is 0 Å². The molecule has 0 radical (unpaired) electrons. The maximum atomic E-state index is 12.6. The molecule has 1 unspecified atom stereocenters. The van der Waals surface area contributed by atoms with E-state index in [1.807, 2.05) is 0 Å². The van der Waals surface area contributed by atoms with Gasteiger partial charge in [0.2, 0.25) is 0 Å². The van der Waals surface area contributed by atoms with E-state index in [4.69, 9.17) is 24.8 Å². The van der Waals surface area contributed by atoms with Crippen LogP contribution in [-0.2, 0) is 37.5 Å². The number of ether oxygens (including phenoxy) is 2. The Hall–Kier alpha value is -1.78. The van der Waals surface area contributed by atoms with Crippen molar-refractivity contribution in [3.8, 4) is 0 Å². The molecule has 57 heavy (non-hydrogen) atoms. The van der Waals surface area contributed by atoms with Gasteiger partial charge in [0, 0.05) is 12.8 Å². The molecule has 0 aliphatic carbocycles. The molecule has 0 rings (SSSR count). The highest BCUT2D eigenvalue weighted by Gasteiger charge is 2.28. The Morgan fingerprint density at radius 1 is 0.526 bits per heavy atom. The summed E-state index contributed by atoms with van der Waals surface area (Å²) in [4.78, 5) is 46.0. The zero-order chi connectivity index (χ0) is 42.1. The largest absolute Gasteiger partial charge is 0.480 e. The molecule has 0 aromatic carbocycles. The highest BCUT2D eigenvalue weighted by atomic mass is 31.2. The number of phosphoric ester groups is 1. The van der Waals surface area contributed by atoms with Crippen LogP contribution in [0.1, 0.15) is 226 Å². The quantitative estimate of drug-likeness (QED) is 0.0231. The van der Waals surface area contributed by atoms with Gasteiger partial charge in [0.25, 0.3) is 0 Å². The third-order valence-electron chi connectivity index (χ3n) is 10.3. The van der Waals surface area contributed by atoms with Crippen molar-refractivity contribution in [1.29, 1.82) is 0 Å². The number of esters is 2. The van der Waals surface area contributed by atoms with Crippen LogP contribution in [0.5, 0.6) is 0 Å². The standard InChI is InChI=1S/C45H86NO10P/c1-3-5-7-9-11-13-15-17-19-21-23-24-26-28-30-32-34-36-43(47)53-38-41(39-54-57(51,52)55-40-42(46)45(49)50)56-44(48)37-35-33-31-29-27-25-22-20-18-16-14-12-10-8-6-4-2/h13,15,41-42H,3-12,14,16-40,46H2,1-2H3,(H,49,50)(H,51,52)/b15-13+/t41-,42+/m1/s1. The summed E-state index contributed by atoms with van der Waals surface area (Å²) in [5.41, 5.74) is 5.34. The molecule has 0 saturated heterocycles. The predicted molar refractivity (Wildman–Crippen MR) is 231 cm³/mol. The lowest BCUT2D eigenvalue weighted by Crippen LogP contribution is -2.34. The fraction of sp³-hybridized carbons (Fsp3) is 0.889. The van der Waals surface area contributed by atoms with Crippen LogP contribution < -0.4 is 5.73 Å². The second-order valence-corrected chi connectivity index (χ2v) is 17.3. The number of aliphatic carboxylic acids is 1. The number of allylic oxidation sites excluding steroid dienone is 2. The van der Waals surface area contributed by atoms with Gasteiger partial charge < -0.3 is 25.2 Å². The maximum absolute atomic E-state index is 12.6. The summed E-state index contributed by atoms with van der Waals surface area (Å²) in [5.74, 6) is -2.36. The molecule has 0 aliphatic heterocycles. The van der Waals surface area contributed by atoms with Crippen LogP contribution in [0, 0.1) is 0 Å². The molecule has 0 bridgehead atoms. The molecule has 12 heteroatoms. The summed E-state index contributed by atoms with van der Waals surface area (Å²) in [6.45, 7) is 2.82. The molecule has 0 saturated carbocycles. The molecule has 0 spiro atoms. The Bertz CT molecular complexity index is 1030. The number of carbonyl (C=O) groups excluding carboxylic acids is 2. The lowest BCUT2D eigenvalue weighted by atomic mass is 10.0. The minimum atomic E-state index is -4.71. The van der Waals surface area contributed by atoms with Gasteiger partial charge in [-0.3, -0.25) is 23.4 Å². The summed E-state index contributed by atoms with van der Waals surface area (Å²) in [6, 6.07) is -1.52. The van der Waals surface area contributed by atoms with Crippen LogP contribution in [0.15, 0.2) is 12.2 Å². The van der Waals surface area contributed by atoms with Crippen LogP contribution >= 0.6 is 7.82 Å². The first-order chi connectivity index (χ1) is 27.6. The first-order valence-corrected chi connectivity index (χ1v) is 24.7. The van der Waals surface area contributed by atoms with Gasteiger partial charge in [-0.25, -0.2) is 4.57 Å². The fourth-order valence-corrected chi connectivity index (χ4v) is 7.37. The Morgan fingerprint density at radius 3 is 1.30 bits per heavy atom. The number of hydrogen-bond donors (Lipinski definition) is 3.